The zero-order valence-corrected chi connectivity index (χ0v) is 12.8. The number of ether oxygens (including phenoxy) is 1. The predicted molar refractivity (Wildman–Crippen MR) is 73.6 cm³/mol. The lowest BCUT2D eigenvalue weighted by atomic mass is 9.72. The van der Waals surface area contributed by atoms with Crippen molar-refractivity contribution in [1.29, 1.82) is 0 Å². The lowest BCUT2D eigenvalue weighted by Gasteiger charge is -2.32. The van der Waals surface area contributed by atoms with Gasteiger partial charge in [-0.2, -0.15) is 0 Å². The second kappa shape index (κ2) is 7.08. The van der Waals surface area contributed by atoms with Crippen LogP contribution in [0.5, 0.6) is 0 Å². The van der Waals surface area contributed by atoms with Gasteiger partial charge in [0.25, 0.3) is 0 Å². The van der Waals surface area contributed by atoms with E-state index in [1.165, 1.54) is 0 Å². The van der Waals surface area contributed by atoms with Crippen molar-refractivity contribution in [3.05, 3.63) is 12.2 Å². The van der Waals surface area contributed by atoms with E-state index in [1.54, 1.807) is 6.92 Å². The summed E-state index contributed by atoms with van der Waals surface area (Å²) < 4.78 is 4.71. The summed E-state index contributed by atoms with van der Waals surface area (Å²) >= 11 is 0. The van der Waals surface area contributed by atoms with E-state index in [0.29, 0.717) is 12.2 Å². The van der Waals surface area contributed by atoms with E-state index < -0.39 is 5.97 Å². The summed E-state index contributed by atoms with van der Waals surface area (Å²) in [6.45, 7) is 16.3. The van der Waals surface area contributed by atoms with Crippen molar-refractivity contribution in [2.24, 2.45) is 10.8 Å². The molecule has 0 aromatic carbocycles. The van der Waals surface area contributed by atoms with E-state index in [1.807, 2.05) is 13.8 Å². The van der Waals surface area contributed by atoms with Crippen molar-refractivity contribution in [2.75, 3.05) is 6.61 Å². The Morgan fingerprint density at radius 1 is 1.16 bits per heavy atom. The van der Waals surface area contributed by atoms with Gasteiger partial charge < -0.3 is 4.74 Å². The zero-order valence-electron chi connectivity index (χ0n) is 12.8. The highest BCUT2D eigenvalue weighted by Crippen LogP contribution is 2.38. The molecule has 0 aromatic heterocycles. The van der Waals surface area contributed by atoms with Gasteiger partial charge in [-0.05, 0) is 24.2 Å². The van der Waals surface area contributed by atoms with E-state index in [2.05, 4.69) is 49.3 Å². The highest BCUT2D eigenvalue weighted by atomic mass is 17.2. The molecule has 0 spiro atoms. The summed E-state index contributed by atoms with van der Waals surface area (Å²) in [5, 5.41) is 0. The van der Waals surface area contributed by atoms with E-state index in [4.69, 9.17) is 4.74 Å². The molecule has 108 valence electrons. The molecule has 0 aromatic rings. The summed E-state index contributed by atoms with van der Waals surface area (Å²) in [6, 6.07) is 0. The maximum atomic E-state index is 11.8. The van der Waals surface area contributed by atoms with Gasteiger partial charge in [0.2, 0.25) is 6.11 Å². The van der Waals surface area contributed by atoms with Crippen LogP contribution >= 0.6 is 0 Å². The quantitative estimate of drug-likeness (QED) is 0.331. The predicted octanol–water partition coefficient (Wildman–Crippen LogP) is 3.43. The molecule has 0 amide bonds. The molecule has 0 saturated heterocycles. The molecule has 0 aliphatic carbocycles. The van der Waals surface area contributed by atoms with Crippen LogP contribution in [0.25, 0.3) is 0 Å². The van der Waals surface area contributed by atoms with Crippen LogP contribution in [0, 0.1) is 23.0 Å². The molecule has 0 unspecified atom stereocenters. The van der Waals surface area contributed by atoms with Crippen LogP contribution in [-0.2, 0) is 19.3 Å². The normalized spacial score (nSPS) is 11.1. The van der Waals surface area contributed by atoms with Crippen LogP contribution in [0.2, 0.25) is 0 Å². The molecule has 4 nitrogen and oxygen atoms in total. The molecule has 0 fully saturated rings. The molecule has 0 aliphatic heterocycles. The maximum absolute atomic E-state index is 11.8. The first kappa shape index (κ1) is 17.4. The molecule has 0 heterocycles. The van der Waals surface area contributed by atoms with E-state index in [9.17, 15) is 4.79 Å². The Morgan fingerprint density at radius 2 is 1.74 bits per heavy atom. The van der Waals surface area contributed by atoms with Gasteiger partial charge in [0.1, 0.15) is 0 Å². The summed E-state index contributed by atoms with van der Waals surface area (Å²) in [5.41, 5.74) is 0.0784. The molecule has 0 radical (unpaired) electrons. The zero-order chi connectivity index (χ0) is 15.1. The first-order chi connectivity index (χ1) is 8.60. The van der Waals surface area contributed by atoms with Crippen LogP contribution in [-0.4, -0.2) is 12.6 Å². The fraction of sp³-hybridized carbons (Fsp3) is 0.667. The van der Waals surface area contributed by atoms with Crippen molar-refractivity contribution < 1.29 is 19.3 Å². The van der Waals surface area contributed by atoms with Crippen LogP contribution in [0.3, 0.4) is 0 Å². The van der Waals surface area contributed by atoms with Gasteiger partial charge in [-0.15, -0.1) is 0 Å². The number of carbonyl (C=O) groups excluding carboxylic acids is 1. The molecular weight excluding hydrogens is 244 g/mol. The fourth-order valence-corrected chi connectivity index (χ4v) is 1.94. The lowest BCUT2D eigenvalue weighted by molar-refractivity contribution is -0.227. The van der Waals surface area contributed by atoms with Gasteiger partial charge in [-0.1, -0.05) is 41.2 Å². The number of rotatable bonds is 5. The third-order valence-electron chi connectivity index (χ3n) is 2.45. The van der Waals surface area contributed by atoms with E-state index >= 15 is 0 Å². The van der Waals surface area contributed by atoms with Crippen LogP contribution in [0.15, 0.2) is 12.2 Å². The van der Waals surface area contributed by atoms with E-state index in [-0.39, 0.29) is 10.8 Å². The third-order valence-corrected chi connectivity index (χ3v) is 2.45. The minimum absolute atomic E-state index is 0.0857. The Morgan fingerprint density at radius 3 is 2.21 bits per heavy atom. The molecule has 0 N–H and O–H groups in total. The molecule has 0 bridgehead atoms. The Kier molecular flexibility index (Phi) is 6.47. The topological polar surface area (TPSA) is 44.8 Å². The highest BCUT2D eigenvalue weighted by molar-refractivity contribution is 5.88. The van der Waals surface area contributed by atoms with Crippen molar-refractivity contribution in [3.63, 3.8) is 0 Å². The lowest BCUT2D eigenvalue weighted by Crippen LogP contribution is -2.27. The van der Waals surface area contributed by atoms with Gasteiger partial charge in [0.15, 0.2) is 6.11 Å². The fourth-order valence-electron chi connectivity index (χ4n) is 1.94. The molecular formula is C15H24O4. The maximum Gasteiger partial charge on any atom is 0.383 e. The van der Waals surface area contributed by atoms with Crippen molar-refractivity contribution >= 4 is 5.97 Å². The average Bonchev–Trinajstić information content (AvgIpc) is 2.24. The van der Waals surface area contributed by atoms with Crippen LogP contribution < -0.4 is 0 Å². The van der Waals surface area contributed by atoms with Crippen LogP contribution in [0.4, 0.5) is 0 Å². The van der Waals surface area contributed by atoms with Gasteiger partial charge in [0, 0.05) is 5.57 Å². The molecule has 4 heteroatoms. The second-order valence-electron chi connectivity index (χ2n) is 6.19. The minimum atomic E-state index is -0.611. The Balaban J connectivity index is 4.41. The van der Waals surface area contributed by atoms with Gasteiger partial charge in [-0.3, -0.25) is 0 Å². The van der Waals surface area contributed by atoms with Crippen molar-refractivity contribution in [1.82, 2.24) is 0 Å². The molecule has 19 heavy (non-hydrogen) atoms. The first-order valence-electron chi connectivity index (χ1n) is 6.29. The molecule has 0 saturated carbocycles. The number of hydrogen-bond donors (Lipinski definition) is 0. The Hall–Kier alpha value is -1.63. The van der Waals surface area contributed by atoms with Crippen molar-refractivity contribution in [3.8, 4) is 12.2 Å². The largest absolute Gasteiger partial charge is 0.444 e. The van der Waals surface area contributed by atoms with Crippen LogP contribution in [0.1, 0.15) is 48.0 Å². The van der Waals surface area contributed by atoms with Gasteiger partial charge in [-0.25, -0.2) is 14.6 Å². The average molecular weight is 268 g/mol. The highest BCUT2D eigenvalue weighted by Gasteiger charge is 2.33. The minimum Gasteiger partial charge on any atom is -0.444 e. The van der Waals surface area contributed by atoms with Crippen molar-refractivity contribution in [2.45, 2.75) is 48.0 Å². The number of hydrogen-bond acceptors (Lipinski definition) is 4. The molecule has 0 atom stereocenters. The molecule has 0 aliphatic rings. The van der Waals surface area contributed by atoms with Gasteiger partial charge >= 0.3 is 5.97 Å². The Labute approximate surface area is 116 Å². The van der Waals surface area contributed by atoms with Gasteiger partial charge in [0.05, 0.1) is 6.61 Å². The molecule has 0 rings (SSSR count). The summed E-state index contributed by atoms with van der Waals surface area (Å²) in [4.78, 5) is 20.8. The standard InChI is InChI=1S/C15H24O4/c1-8-17-9-10-18-19-13(16)12(2)15(6,7)11-14(3,4)5/h2,8,11H2,1,3-7H3. The summed E-state index contributed by atoms with van der Waals surface area (Å²) in [5.74, 6) is -0.611. The second-order valence-corrected chi connectivity index (χ2v) is 6.19. The monoisotopic (exact) mass is 268 g/mol. The smallest absolute Gasteiger partial charge is 0.383 e. The Bertz CT molecular complexity index is 377. The first-order valence-corrected chi connectivity index (χ1v) is 6.29. The third kappa shape index (κ3) is 7.40. The summed E-state index contributed by atoms with van der Waals surface area (Å²) in [6.07, 6.45) is 5.15. The summed E-state index contributed by atoms with van der Waals surface area (Å²) in [7, 11) is 0. The number of carbonyl (C=O) groups is 1. The van der Waals surface area contributed by atoms with E-state index in [0.717, 1.165) is 6.42 Å². The SMILES string of the molecule is C=C(C(=O)OOC#COCC)C(C)(C)CC(C)(C)C.